The van der Waals surface area contributed by atoms with Crippen LogP contribution in [0.4, 0.5) is 0 Å². The van der Waals surface area contributed by atoms with Crippen molar-refractivity contribution in [2.75, 3.05) is 0 Å². The molecule has 0 saturated heterocycles. The Kier molecular flexibility index (Phi) is 5.78. The molecule has 0 heteroatoms. The Balaban J connectivity index is 2.13. The zero-order valence-electron chi connectivity index (χ0n) is 25.6. The van der Waals surface area contributed by atoms with Gasteiger partial charge in [0.05, 0.1) is 0 Å². The van der Waals surface area contributed by atoms with Crippen molar-refractivity contribution >= 4 is 5.57 Å². The normalized spacial score (nSPS) is 34.5. The lowest BCUT2D eigenvalue weighted by Gasteiger charge is -2.67. The van der Waals surface area contributed by atoms with Gasteiger partial charge >= 0.3 is 0 Å². The van der Waals surface area contributed by atoms with E-state index in [0.717, 1.165) is 12.0 Å². The fourth-order valence-corrected chi connectivity index (χ4v) is 9.29. The molecule has 1 aromatic rings. The lowest BCUT2D eigenvalue weighted by Crippen LogP contribution is -2.58. The predicted molar refractivity (Wildman–Crippen MR) is 160 cm³/mol. The van der Waals surface area contributed by atoms with E-state index in [2.05, 4.69) is 103 Å². The monoisotopic (exact) mass is 482 g/mol. The molecule has 194 valence electrons. The molecule has 0 amide bonds. The first-order valence-corrected chi connectivity index (χ1v) is 13.9. The third-order valence-corrected chi connectivity index (χ3v) is 11.6. The Morgan fingerprint density at radius 3 is 2.06 bits per heavy atom. The first-order valence-electron chi connectivity index (χ1n) is 13.9. The largest absolute Gasteiger partial charge is 0.0955 e. The number of benzene rings is 1. The van der Waals surface area contributed by atoms with Crippen molar-refractivity contribution in [3.8, 4) is 0 Å². The van der Waals surface area contributed by atoms with E-state index in [-0.39, 0.29) is 21.7 Å². The van der Waals surface area contributed by atoms with E-state index in [1.807, 2.05) is 0 Å². The van der Waals surface area contributed by atoms with Gasteiger partial charge in [0.15, 0.2) is 0 Å². The van der Waals surface area contributed by atoms with Crippen LogP contribution in [0.3, 0.4) is 0 Å². The second kappa shape index (κ2) is 7.72. The van der Waals surface area contributed by atoms with Gasteiger partial charge in [-0.05, 0) is 114 Å². The summed E-state index contributed by atoms with van der Waals surface area (Å²) in [5, 5.41) is 0. The van der Waals surface area contributed by atoms with Crippen LogP contribution < -0.4 is 0 Å². The van der Waals surface area contributed by atoms with Gasteiger partial charge in [0.1, 0.15) is 0 Å². The molecule has 0 radical (unpaired) electrons. The van der Waals surface area contributed by atoms with Crippen LogP contribution in [0.1, 0.15) is 116 Å². The van der Waals surface area contributed by atoms with Crippen LogP contribution in [-0.2, 0) is 5.41 Å². The average Bonchev–Trinajstić information content (AvgIpc) is 2.74. The fraction of sp³-hybridized carbons (Fsp3) is 0.556. The second-order valence-corrected chi connectivity index (χ2v) is 14.2. The van der Waals surface area contributed by atoms with Crippen molar-refractivity contribution in [3.63, 3.8) is 0 Å². The highest BCUT2D eigenvalue weighted by atomic mass is 14.7. The van der Waals surface area contributed by atoms with Crippen LogP contribution in [0, 0.1) is 36.0 Å². The van der Waals surface area contributed by atoms with Crippen LogP contribution >= 0.6 is 0 Å². The van der Waals surface area contributed by atoms with Crippen molar-refractivity contribution < 1.29 is 0 Å². The molecular formula is C36H50. The lowest BCUT2D eigenvalue weighted by molar-refractivity contribution is -0.0261. The molecule has 0 aliphatic heterocycles. The minimum atomic E-state index is -0.139. The van der Waals surface area contributed by atoms with E-state index in [1.165, 1.54) is 61.3 Å². The number of allylic oxidation sites excluding steroid dienone is 7. The highest BCUT2D eigenvalue weighted by Crippen LogP contribution is 2.74. The Morgan fingerprint density at radius 2 is 1.56 bits per heavy atom. The number of fused-ring (bicyclic) bond motifs is 3. The molecule has 0 unspecified atom stereocenters. The lowest BCUT2D eigenvalue weighted by atomic mass is 9.36. The van der Waals surface area contributed by atoms with Crippen molar-refractivity contribution in [3.05, 3.63) is 87.1 Å². The van der Waals surface area contributed by atoms with Gasteiger partial charge < -0.3 is 0 Å². The van der Waals surface area contributed by atoms with Gasteiger partial charge in [0.25, 0.3) is 0 Å². The van der Waals surface area contributed by atoms with Crippen LogP contribution in [0.25, 0.3) is 5.57 Å². The van der Waals surface area contributed by atoms with Gasteiger partial charge in [-0.15, -0.1) is 0 Å². The molecule has 0 nitrogen and oxygen atoms in total. The van der Waals surface area contributed by atoms with Gasteiger partial charge in [0.2, 0.25) is 0 Å². The van der Waals surface area contributed by atoms with Crippen LogP contribution in [-0.4, -0.2) is 0 Å². The standard InChI is InChI=1S/C36H50/c1-19(2)29-21(4)18-34(14)27(10)35(15)24(7)30-20(3)17-28(33(11,12)13)22(5)31(30)23(6)32(35)26(9)36(34,16)25(29)8/h17,24,27H,1,6,8,18H2,2-5,7,9-16H3/t24-,27+,34+,35-,36-/m1/s1. The van der Waals surface area contributed by atoms with Crippen molar-refractivity contribution in [2.24, 2.45) is 22.2 Å². The summed E-state index contributed by atoms with van der Waals surface area (Å²) in [5.41, 5.74) is 16.6. The topological polar surface area (TPSA) is 0 Å². The summed E-state index contributed by atoms with van der Waals surface area (Å²) >= 11 is 0. The number of hydrogen-bond donors (Lipinski definition) is 0. The maximum atomic E-state index is 4.90. The summed E-state index contributed by atoms with van der Waals surface area (Å²) in [4.78, 5) is 0. The fourth-order valence-electron chi connectivity index (χ4n) is 9.29. The highest BCUT2D eigenvalue weighted by molar-refractivity contribution is 5.88. The summed E-state index contributed by atoms with van der Waals surface area (Å²) in [7, 11) is 0. The Labute approximate surface area is 222 Å². The molecule has 4 rings (SSSR count). The van der Waals surface area contributed by atoms with E-state index in [0.29, 0.717) is 11.8 Å². The molecule has 5 atom stereocenters. The molecule has 0 fully saturated rings. The SMILES string of the molecule is C=C(C)C1=C(C)C[C@@]2(C)[C@H](C)[C@]3(C)C(=C(C)[C@@]2(C)C1=C)C(=C)c1c(C)c(C(C)(C)C)cc(C)c1[C@H]3C. The van der Waals surface area contributed by atoms with E-state index in [1.54, 1.807) is 0 Å². The van der Waals surface area contributed by atoms with Gasteiger partial charge in [0, 0.05) is 10.8 Å². The smallest absolute Gasteiger partial charge is 0.0196 e. The van der Waals surface area contributed by atoms with Gasteiger partial charge in [-0.2, -0.15) is 0 Å². The average molecular weight is 483 g/mol. The number of hydrogen-bond acceptors (Lipinski definition) is 0. The van der Waals surface area contributed by atoms with Gasteiger partial charge in [-0.1, -0.05) is 97.9 Å². The summed E-state index contributed by atoms with van der Waals surface area (Å²) in [5.74, 6) is 0.862. The molecule has 0 heterocycles. The summed E-state index contributed by atoms with van der Waals surface area (Å²) in [6.07, 6.45) is 1.08. The van der Waals surface area contributed by atoms with Crippen molar-refractivity contribution in [1.29, 1.82) is 0 Å². The second-order valence-electron chi connectivity index (χ2n) is 14.2. The Hall–Kier alpha value is -2.08. The first kappa shape index (κ1) is 27.0. The van der Waals surface area contributed by atoms with E-state index in [4.69, 9.17) is 13.2 Å². The Morgan fingerprint density at radius 1 is 1.00 bits per heavy atom. The number of rotatable bonds is 1. The van der Waals surface area contributed by atoms with Crippen LogP contribution in [0.2, 0.25) is 0 Å². The molecule has 0 N–H and O–H groups in total. The van der Waals surface area contributed by atoms with Crippen LogP contribution in [0.15, 0.2) is 59.2 Å². The molecule has 3 aliphatic carbocycles. The maximum Gasteiger partial charge on any atom is 0.0196 e. The molecular weight excluding hydrogens is 432 g/mol. The van der Waals surface area contributed by atoms with E-state index >= 15 is 0 Å². The first-order chi connectivity index (χ1) is 16.3. The quantitative estimate of drug-likeness (QED) is 0.373. The van der Waals surface area contributed by atoms with E-state index < -0.39 is 0 Å². The minimum absolute atomic E-state index is 0.00413. The maximum absolute atomic E-state index is 4.90. The Bertz CT molecular complexity index is 1300. The number of aryl methyl sites for hydroxylation is 1. The minimum Gasteiger partial charge on any atom is -0.0955 e. The third kappa shape index (κ3) is 2.94. The zero-order chi connectivity index (χ0) is 27.5. The third-order valence-electron chi connectivity index (χ3n) is 11.6. The zero-order valence-corrected chi connectivity index (χ0v) is 25.6. The summed E-state index contributed by atoms with van der Waals surface area (Å²) < 4.78 is 0. The van der Waals surface area contributed by atoms with Crippen molar-refractivity contribution in [2.45, 2.75) is 108 Å². The predicted octanol–water partition coefficient (Wildman–Crippen LogP) is 10.6. The van der Waals surface area contributed by atoms with Gasteiger partial charge in [-0.3, -0.25) is 0 Å². The van der Waals surface area contributed by atoms with Crippen LogP contribution in [0.5, 0.6) is 0 Å². The molecule has 0 bridgehead atoms. The van der Waals surface area contributed by atoms with Crippen molar-refractivity contribution in [1.82, 2.24) is 0 Å². The van der Waals surface area contributed by atoms with Gasteiger partial charge in [-0.25, -0.2) is 0 Å². The molecule has 3 aliphatic rings. The summed E-state index contributed by atoms with van der Waals surface area (Å²) in [6, 6.07) is 2.47. The summed E-state index contributed by atoms with van der Waals surface area (Å²) in [6.45, 7) is 45.2. The van der Waals surface area contributed by atoms with E-state index in [9.17, 15) is 0 Å². The highest BCUT2D eigenvalue weighted by Gasteiger charge is 2.65. The molecule has 0 saturated carbocycles. The molecule has 1 aromatic carbocycles. The molecule has 36 heavy (non-hydrogen) atoms. The molecule has 0 spiro atoms. The molecule has 0 aromatic heterocycles.